The molecule has 0 bridgehead atoms. The van der Waals surface area contributed by atoms with Crippen LogP contribution in [0.3, 0.4) is 0 Å². The van der Waals surface area contributed by atoms with E-state index in [4.69, 9.17) is 0 Å². The van der Waals surface area contributed by atoms with E-state index in [9.17, 15) is 0 Å². The van der Waals surface area contributed by atoms with Crippen LogP contribution in [-0.4, -0.2) is 4.98 Å². The van der Waals surface area contributed by atoms with Crippen LogP contribution in [0.25, 0.3) is 0 Å². The molecule has 11 heavy (non-hydrogen) atoms. The van der Waals surface area contributed by atoms with Crippen LogP contribution in [0.1, 0.15) is 43.0 Å². The molecule has 0 atom stereocenters. The van der Waals surface area contributed by atoms with Crippen molar-refractivity contribution in [3.05, 3.63) is 23.5 Å². The van der Waals surface area contributed by atoms with Crippen LogP contribution in [0.4, 0.5) is 0 Å². The van der Waals surface area contributed by atoms with Crippen molar-refractivity contribution in [1.29, 1.82) is 0 Å². The van der Waals surface area contributed by atoms with Crippen LogP contribution in [0.5, 0.6) is 0 Å². The van der Waals surface area contributed by atoms with E-state index in [1.807, 2.05) is 0 Å². The monoisotopic (exact) mass is 149 g/mol. The Bertz CT molecular complexity index is 231. The Hall–Kier alpha value is -0.720. The fourth-order valence-corrected chi connectivity index (χ4v) is 2.00. The number of H-pyrrole nitrogens is 1. The summed E-state index contributed by atoms with van der Waals surface area (Å²) in [4.78, 5) is 3.42. The van der Waals surface area contributed by atoms with Gasteiger partial charge in [0.2, 0.25) is 0 Å². The third-order valence-corrected chi connectivity index (χ3v) is 2.65. The molecular formula is C10H15N. The predicted octanol–water partition coefficient (Wildman–Crippen LogP) is 2.98. The van der Waals surface area contributed by atoms with E-state index in [1.165, 1.54) is 37.1 Å². The molecular weight excluding hydrogens is 134 g/mol. The maximum Gasteiger partial charge on any atom is 0.0180 e. The summed E-state index contributed by atoms with van der Waals surface area (Å²) in [6.45, 7) is 2.12. The SMILES string of the molecule is Cc1ccc(C2CCCC2)[nH]1. The van der Waals surface area contributed by atoms with Gasteiger partial charge in [-0.15, -0.1) is 0 Å². The van der Waals surface area contributed by atoms with Crippen LogP contribution in [-0.2, 0) is 0 Å². The Morgan fingerprint density at radius 1 is 1.27 bits per heavy atom. The number of aromatic nitrogens is 1. The molecule has 1 aliphatic rings. The number of rotatable bonds is 1. The van der Waals surface area contributed by atoms with Crippen molar-refractivity contribution >= 4 is 0 Å². The zero-order valence-corrected chi connectivity index (χ0v) is 7.06. The molecule has 1 nitrogen and oxygen atoms in total. The van der Waals surface area contributed by atoms with Gasteiger partial charge in [-0.1, -0.05) is 12.8 Å². The molecule has 0 amide bonds. The third kappa shape index (κ3) is 1.32. The van der Waals surface area contributed by atoms with E-state index in [0.29, 0.717) is 0 Å². The van der Waals surface area contributed by atoms with Gasteiger partial charge >= 0.3 is 0 Å². The van der Waals surface area contributed by atoms with E-state index >= 15 is 0 Å². The van der Waals surface area contributed by atoms with Gasteiger partial charge in [-0.25, -0.2) is 0 Å². The third-order valence-electron chi connectivity index (χ3n) is 2.65. The number of aryl methyl sites for hydroxylation is 1. The standard InChI is InChI=1S/C10H15N/c1-8-6-7-10(11-8)9-4-2-3-5-9/h6-7,9,11H,2-5H2,1H3. The lowest BCUT2D eigenvalue weighted by atomic mass is 10.1. The highest BCUT2D eigenvalue weighted by atomic mass is 14.7. The first-order chi connectivity index (χ1) is 5.36. The van der Waals surface area contributed by atoms with Crippen molar-refractivity contribution in [3.63, 3.8) is 0 Å². The lowest BCUT2D eigenvalue weighted by Gasteiger charge is -2.04. The Kier molecular flexibility index (Phi) is 1.72. The van der Waals surface area contributed by atoms with Gasteiger partial charge in [-0.05, 0) is 37.8 Å². The smallest absolute Gasteiger partial charge is 0.0180 e. The molecule has 0 radical (unpaired) electrons. The predicted molar refractivity (Wildman–Crippen MR) is 46.7 cm³/mol. The van der Waals surface area contributed by atoms with Gasteiger partial charge in [0, 0.05) is 11.4 Å². The second-order valence-corrected chi connectivity index (χ2v) is 3.58. The molecule has 1 fully saturated rings. The fourth-order valence-electron chi connectivity index (χ4n) is 2.00. The molecule has 1 aliphatic carbocycles. The lowest BCUT2D eigenvalue weighted by Crippen LogP contribution is -1.91. The van der Waals surface area contributed by atoms with Gasteiger partial charge in [0.05, 0.1) is 0 Å². The van der Waals surface area contributed by atoms with Gasteiger partial charge in [0.25, 0.3) is 0 Å². The highest BCUT2D eigenvalue weighted by Crippen LogP contribution is 2.33. The Balaban J connectivity index is 2.15. The highest BCUT2D eigenvalue weighted by Gasteiger charge is 2.17. The first-order valence-electron chi connectivity index (χ1n) is 4.52. The first kappa shape index (κ1) is 6.96. The van der Waals surface area contributed by atoms with Crippen LogP contribution in [0.2, 0.25) is 0 Å². The average molecular weight is 149 g/mol. The summed E-state index contributed by atoms with van der Waals surface area (Å²) in [5.74, 6) is 0.837. The molecule has 1 aromatic heterocycles. The van der Waals surface area contributed by atoms with Gasteiger partial charge < -0.3 is 4.98 Å². The maximum absolute atomic E-state index is 3.42. The van der Waals surface area contributed by atoms with Crippen molar-refractivity contribution in [1.82, 2.24) is 4.98 Å². The molecule has 1 heteroatoms. The molecule has 1 heterocycles. The number of hydrogen-bond donors (Lipinski definition) is 1. The van der Waals surface area contributed by atoms with Gasteiger partial charge in [-0.2, -0.15) is 0 Å². The fraction of sp³-hybridized carbons (Fsp3) is 0.600. The Morgan fingerprint density at radius 3 is 2.55 bits per heavy atom. The number of aromatic amines is 1. The van der Waals surface area contributed by atoms with Crippen LogP contribution in [0.15, 0.2) is 12.1 Å². The zero-order chi connectivity index (χ0) is 7.68. The second kappa shape index (κ2) is 2.72. The van der Waals surface area contributed by atoms with Crippen molar-refractivity contribution in [2.75, 3.05) is 0 Å². The molecule has 0 aliphatic heterocycles. The van der Waals surface area contributed by atoms with E-state index in [2.05, 4.69) is 24.0 Å². The maximum atomic E-state index is 3.42. The molecule has 2 rings (SSSR count). The summed E-state index contributed by atoms with van der Waals surface area (Å²) < 4.78 is 0. The summed E-state index contributed by atoms with van der Waals surface area (Å²) >= 11 is 0. The normalized spacial score (nSPS) is 19.4. The quantitative estimate of drug-likeness (QED) is 0.631. The minimum atomic E-state index is 0.837. The molecule has 1 N–H and O–H groups in total. The summed E-state index contributed by atoms with van der Waals surface area (Å²) in [5, 5.41) is 0. The van der Waals surface area contributed by atoms with Crippen LogP contribution < -0.4 is 0 Å². The first-order valence-corrected chi connectivity index (χ1v) is 4.52. The minimum absolute atomic E-state index is 0.837. The van der Waals surface area contributed by atoms with Crippen molar-refractivity contribution in [3.8, 4) is 0 Å². The van der Waals surface area contributed by atoms with Gasteiger partial charge in [-0.3, -0.25) is 0 Å². The molecule has 1 saturated carbocycles. The van der Waals surface area contributed by atoms with E-state index < -0.39 is 0 Å². The largest absolute Gasteiger partial charge is 0.362 e. The van der Waals surface area contributed by atoms with Gasteiger partial charge in [0.15, 0.2) is 0 Å². The van der Waals surface area contributed by atoms with E-state index in [0.717, 1.165) is 5.92 Å². The van der Waals surface area contributed by atoms with Crippen LogP contribution in [0, 0.1) is 6.92 Å². The molecule has 0 spiro atoms. The summed E-state index contributed by atoms with van der Waals surface area (Å²) in [6, 6.07) is 4.42. The molecule has 0 aromatic carbocycles. The van der Waals surface area contributed by atoms with Crippen molar-refractivity contribution in [2.45, 2.75) is 38.5 Å². The molecule has 0 unspecified atom stereocenters. The van der Waals surface area contributed by atoms with E-state index in [1.54, 1.807) is 0 Å². The summed E-state index contributed by atoms with van der Waals surface area (Å²) in [7, 11) is 0. The number of hydrogen-bond acceptors (Lipinski definition) is 0. The second-order valence-electron chi connectivity index (χ2n) is 3.58. The zero-order valence-electron chi connectivity index (χ0n) is 7.06. The minimum Gasteiger partial charge on any atom is -0.362 e. The average Bonchev–Trinajstić information content (AvgIpc) is 2.55. The lowest BCUT2D eigenvalue weighted by molar-refractivity contribution is 0.701. The molecule has 60 valence electrons. The van der Waals surface area contributed by atoms with Crippen LogP contribution >= 0.6 is 0 Å². The van der Waals surface area contributed by atoms with E-state index in [-0.39, 0.29) is 0 Å². The summed E-state index contributed by atoms with van der Waals surface area (Å²) in [5.41, 5.74) is 2.76. The van der Waals surface area contributed by atoms with Crippen molar-refractivity contribution in [2.24, 2.45) is 0 Å². The van der Waals surface area contributed by atoms with Gasteiger partial charge in [0.1, 0.15) is 0 Å². The molecule has 0 saturated heterocycles. The number of nitrogens with one attached hydrogen (secondary N) is 1. The topological polar surface area (TPSA) is 15.8 Å². The Morgan fingerprint density at radius 2 is 2.00 bits per heavy atom. The Labute approximate surface area is 67.8 Å². The summed E-state index contributed by atoms with van der Waals surface area (Å²) in [6.07, 6.45) is 5.62. The van der Waals surface area contributed by atoms with Crippen molar-refractivity contribution < 1.29 is 0 Å². The highest BCUT2D eigenvalue weighted by molar-refractivity contribution is 5.16. The molecule has 1 aromatic rings.